The number of carbonyl (C=O) groups excluding carboxylic acids is 1. The van der Waals surface area contributed by atoms with Crippen LogP contribution in [0.2, 0.25) is 0 Å². The molecule has 1 aromatic heterocycles. The van der Waals surface area contributed by atoms with Crippen LogP contribution in [-0.4, -0.2) is 32.5 Å². The van der Waals surface area contributed by atoms with E-state index < -0.39 is 0 Å². The number of nitrogens with zero attached hydrogens (tertiary/aromatic N) is 3. The molecule has 1 heterocycles. The lowest BCUT2D eigenvalue weighted by atomic mass is 10.2. The van der Waals surface area contributed by atoms with Gasteiger partial charge in [0.1, 0.15) is 0 Å². The summed E-state index contributed by atoms with van der Waals surface area (Å²) in [5.74, 6) is 3.13. The average molecular weight is 342 g/mol. The van der Waals surface area contributed by atoms with E-state index in [0.717, 1.165) is 23.0 Å². The van der Waals surface area contributed by atoms with Crippen molar-refractivity contribution < 1.29 is 4.79 Å². The highest BCUT2D eigenvalue weighted by Crippen LogP contribution is 2.30. The van der Waals surface area contributed by atoms with E-state index in [4.69, 9.17) is 6.42 Å². The lowest BCUT2D eigenvalue weighted by Crippen LogP contribution is -2.31. The van der Waals surface area contributed by atoms with E-state index in [0.29, 0.717) is 0 Å². The first kappa shape index (κ1) is 18.1. The van der Waals surface area contributed by atoms with E-state index in [2.05, 4.69) is 39.8 Å². The molecule has 2 rings (SSSR count). The van der Waals surface area contributed by atoms with E-state index in [-0.39, 0.29) is 23.7 Å². The Bertz CT molecular complexity index is 720. The van der Waals surface area contributed by atoms with Gasteiger partial charge < -0.3 is 5.32 Å². The summed E-state index contributed by atoms with van der Waals surface area (Å²) in [7, 11) is 0. The highest BCUT2D eigenvalue weighted by molar-refractivity contribution is 8.00. The van der Waals surface area contributed by atoms with E-state index in [1.54, 1.807) is 0 Å². The molecule has 0 aliphatic rings. The Morgan fingerprint density at radius 1 is 1.33 bits per heavy atom. The van der Waals surface area contributed by atoms with Gasteiger partial charge in [-0.2, -0.15) is 0 Å². The first-order valence-electron chi connectivity index (χ1n) is 7.96. The largest absolute Gasteiger partial charge is 0.344 e. The van der Waals surface area contributed by atoms with Gasteiger partial charge in [-0.15, -0.1) is 16.6 Å². The molecule has 1 amide bonds. The maximum Gasteiger partial charge on any atom is 0.234 e. The molecule has 2 atom stereocenters. The minimum Gasteiger partial charge on any atom is -0.344 e. The van der Waals surface area contributed by atoms with Crippen molar-refractivity contribution in [3.8, 4) is 23.7 Å². The molecule has 0 spiro atoms. The van der Waals surface area contributed by atoms with Crippen LogP contribution in [-0.2, 0) is 4.79 Å². The Morgan fingerprint density at radius 2 is 2.04 bits per heavy atom. The van der Waals surface area contributed by atoms with Gasteiger partial charge in [0.05, 0.1) is 11.8 Å². The minimum atomic E-state index is -0.297. The molecule has 0 fully saturated rings. The van der Waals surface area contributed by atoms with Crippen LogP contribution in [0.25, 0.3) is 11.4 Å². The summed E-state index contributed by atoms with van der Waals surface area (Å²) in [4.78, 5) is 12.0. The van der Waals surface area contributed by atoms with Crippen molar-refractivity contribution in [3.05, 3.63) is 30.3 Å². The van der Waals surface area contributed by atoms with Crippen LogP contribution in [0.3, 0.4) is 0 Å². The molecule has 126 valence electrons. The number of amides is 1. The Kier molecular flexibility index (Phi) is 6.44. The van der Waals surface area contributed by atoms with E-state index in [1.807, 2.05) is 37.3 Å². The molecule has 5 nitrogen and oxygen atoms in total. The molecule has 6 heteroatoms. The predicted molar refractivity (Wildman–Crippen MR) is 97.6 cm³/mol. The van der Waals surface area contributed by atoms with Crippen LogP contribution in [0.1, 0.15) is 33.2 Å². The van der Waals surface area contributed by atoms with Crippen molar-refractivity contribution in [3.63, 3.8) is 0 Å². The number of carbonyl (C=O) groups is 1. The molecule has 1 N–H and O–H groups in total. The van der Waals surface area contributed by atoms with Crippen molar-refractivity contribution in [1.82, 2.24) is 20.1 Å². The summed E-state index contributed by atoms with van der Waals surface area (Å²) in [6, 6.07) is 10.2. The third-order valence-corrected chi connectivity index (χ3v) is 4.80. The fourth-order valence-electron chi connectivity index (χ4n) is 2.21. The lowest BCUT2D eigenvalue weighted by Gasteiger charge is -2.18. The topological polar surface area (TPSA) is 59.8 Å². The summed E-state index contributed by atoms with van der Waals surface area (Å²) in [5, 5.41) is 11.8. The number of rotatable bonds is 7. The van der Waals surface area contributed by atoms with Crippen molar-refractivity contribution in [2.75, 3.05) is 6.54 Å². The Labute approximate surface area is 147 Å². The zero-order chi connectivity index (χ0) is 17.5. The van der Waals surface area contributed by atoms with Gasteiger partial charge in [0.2, 0.25) is 5.91 Å². The van der Waals surface area contributed by atoms with Crippen molar-refractivity contribution >= 4 is 17.7 Å². The highest BCUT2D eigenvalue weighted by Gasteiger charge is 2.22. The lowest BCUT2D eigenvalue weighted by molar-refractivity contribution is -0.120. The first-order valence-corrected chi connectivity index (χ1v) is 8.84. The SMILES string of the molecule is C#CCNC(=O)[C@@H](C)Sc1nnc(-c2ccccc2)n1[C@@H](C)CC. The quantitative estimate of drug-likeness (QED) is 0.620. The summed E-state index contributed by atoms with van der Waals surface area (Å²) in [6.45, 7) is 6.32. The van der Waals surface area contributed by atoms with Gasteiger partial charge in [-0.3, -0.25) is 9.36 Å². The fraction of sp³-hybridized carbons (Fsp3) is 0.389. The molecule has 0 aliphatic heterocycles. The van der Waals surface area contributed by atoms with Crippen molar-refractivity contribution in [2.45, 2.75) is 43.6 Å². The van der Waals surface area contributed by atoms with Gasteiger partial charge in [0, 0.05) is 11.6 Å². The van der Waals surface area contributed by atoms with Crippen LogP contribution in [0, 0.1) is 12.3 Å². The summed E-state index contributed by atoms with van der Waals surface area (Å²) in [5.41, 5.74) is 1.02. The van der Waals surface area contributed by atoms with Crippen LogP contribution < -0.4 is 5.32 Å². The Hall–Kier alpha value is -2.26. The van der Waals surface area contributed by atoms with E-state index in [1.165, 1.54) is 11.8 Å². The standard InChI is InChI=1S/C18H22N4OS/c1-5-12-19-17(23)14(4)24-18-21-20-16(22(18)13(3)6-2)15-10-8-7-9-11-15/h1,7-11,13-14H,6,12H2,2-4H3,(H,19,23)/t13-,14+/m0/s1. The predicted octanol–water partition coefficient (Wildman–Crippen LogP) is 3.15. The van der Waals surface area contributed by atoms with Gasteiger partial charge in [0.15, 0.2) is 11.0 Å². The highest BCUT2D eigenvalue weighted by atomic mass is 32.2. The number of terminal acetylenes is 1. The van der Waals surface area contributed by atoms with E-state index in [9.17, 15) is 4.79 Å². The summed E-state index contributed by atoms with van der Waals surface area (Å²) >= 11 is 1.40. The van der Waals surface area contributed by atoms with E-state index >= 15 is 0 Å². The monoisotopic (exact) mass is 342 g/mol. The van der Waals surface area contributed by atoms with Crippen LogP contribution >= 0.6 is 11.8 Å². The van der Waals surface area contributed by atoms with Gasteiger partial charge in [-0.1, -0.05) is 54.9 Å². The number of thioether (sulfide) groups is 1. The maximum absolute atomic E-state index is 12.0. The number of nitrogens with one attached hydrogen (secondary N) is 1. The second-order valence-electron chi connectivity index (χ2n) is 5.48. The average Bonchev–Trinajstić information content (AvgIpc) is 3.03. The second-order valence-corrected chi connectivity index (χ2v) is 6.79. The van der Waals surface area contributed by atoms with Gasteiger partial charge >= 0.3 is 0 Å². The third-order valence-electron chi connectivity index (χ3n) is 3.74. The maximum atomic E-state index is 12.0. The number of hydrogen-bond donors (Lipinski definition) is 1. The minimum absolute atomic E-state index is 0.0992. The number of hydrogen-bond acceptors (Lipinski definition) is 4. The second kappa shape index (κ2) is 8.55. The Balaban J connectivity index is 2.29. The van der Waals surface area contributed by atoms with Crippen molar-refractivity contribution in [2.24, 2.45) is 0 Å². The van der Waals surface area contributed by atoms with Gasteiger partial charge in [-0.25, -0.2) is 0 Å². The summed E-state index contributed by atoms with van der Waals surface area (Å²) < 4.78 is 2.10. The molecule has 0 saturated heterocycles. The Morgan fingerprint density at radius 3 is 2.67 bits per heavy atom. The molecular formula is C18H22N4OS. The molecular weight excluding hydrogens is 320 g/mol. The molecule has 0 saturated carbocycles. The normalized spacial score (nSPS) is 13.1. The molecule has 24 heavy (non-hydrogen) atoms. The third kappa shape index (κ3) is 4.18. The molecule has 1 aromatic carbocycles. The van der Waals surface area contributed by atoms with Crippen LogP contribution in [0.4, 0.5) is 0 Å². The van der Waals surface area contributed by atoms with Crippen LogP contribution in [0.15, 0.2) is 35.5 Å². The zero-order valence-electron chi connectivity index (χ0n) is 14.2. The number of benzene rings is 1. The van der Waals surface area contributed by atoms with Crippen molar-refractivity contribution in [1.29, 1.82) is 0 Å². The molecule has 0 aliphatic carbocycles. The molecule has 0 bridgehead atoms. The first-order chi connectivity index (χ1) is 11.6. The summed E-state index contributed by atoms with van der Waals surface area (Å²) in [6.07, 6.45) is 6.13. The molecule has 2 aromatic rings. The van der Waals surface area contributed by atoms with Crippen LogP contribution in [0.5, 0.6) is 0 Å². The zero-order valence-corrected chi connectivity index (χ0v) is 15.0. The smallest absolute Gasteiger partial charge is 0.234 e. The fourth-order valence-corrected chi connectivity index (χ4v) is 3.19. The number of aromatic nitrogens is 3. The van der Waals surface area contributed by atoms with Gasteiger partial charge in [0.25, 0.3) is 0 Å². The molecule has 0 radical (unpaired) electrons. The molecule has 0 unspecified atom stereocenters. The van der Waals surface area contributed by atoms with Gasteiger partial charge in [-0.05, 0) is 20.3 Å².